The molecule has 30 heavy (non-hydrogen) atoms. The van der Waals surface area contributed by atoms with Crippen LogP contribution in [-0.2, 0) is 9.53 Å². The fourth-order valence-corrected chi connectivity index (χ4v) is 5.56. The van der Waals surface area contributed by atoms with Gasteiger partial charge in [-0.1, -0.05) is 0 Å². The van der Waals surface area contributed by atoms with Crippen molar-refractivity contribution in [1.82, 2.24) is 20.2 Å². The van der Waals surface area contributed by atoms with Gasteiger partial charge in [0.05, 0.1) is 30.3 Å². The highest BCUT2D eigenvalue weighted by Gasteiger charge is 2.49. The summed E-state index contributed by atoms with van der Waals surface area (Å²) in [6, 6.07) is 0.0468. The van der Waals surface area contributed by atoms with Crippen molar-refractivity contribution in [3.8, 4) is 0 Å². The van der Waals surface area contributed by atoms with Gasteiger partial charge in [0.15, 0.2) is 0 Å². The first-order valence-electron chi connectivity index (χ1n) is 11.4. The number of rotatable bonds is 4. The number of nitrogens with one attached hydrogen (secondary N) is 1. The monoisotopic (exact) mass is 424 g/mol. The van der Waals surface area contributed by atoms with Crippen LogP contribution in [0, 0.1) is 11.8 Å². The average molecular weight is 425 g/mol. The van der Waals surface area contributed by atoms with Crippen LogP contribution in [0.1, 0.15) is 60.8 Å². The molecule has 2 heterocycles. The third kappa shape index (κ3) is 4.60. The SMILES string of the molecule is CC(=O)N1C2CCC(C3CNN(C(C)(C)CO)C3)CC2N(C(=O)OC(C)C)C[C@@H]1C. The van der Waals surface area contributed by atoms with Crippen molar-refractivity contribution in [2.75, 3.05) is 26.2 Å². The van der Waals surface area contributed by atoms with E-state index in [2.05, 4.69) is 10.4 Å². The summed E-state index contributed by atoms with van der Waals surface area (Å²) in [7, 11) is 0. The van der Waals surface area contributed by atoms with Gasteiger partial charge in [-0.2, -0.15) is 0 Å². The maximum atomic E-state index is 12.9. The molecule has 0 aromatic carbocycles. The van der Waals surface area contributed by atoms with Crippen molar-refractivity contribution in [1.29, 1.82) is 0 Å². The normalized spacial score (nSPS) is 33.0. The topological polar surface area (TPSA) is 85.4 Å². The molecule has 0 bridgehead atoms. The zero-order chi connectivity index (χ0) is 22.2. The summed E-state index contributed by atoms with van der Waals surface area (Å²) in [5, 5.41) is 11.9. The number of carbonyl (C=O) groups is 2. The highest BCUT2D eigenvalue weighted by atomic mass is 16.6. The summed E-state index contributed by atoms with van der Waals surface area (Å²) in [6.07, 6.45) is 2.41. The molecule has 172 valence electrons. The molecule has 3 fully saturated rings. The fraction of sp³-hybridized carbons (Fsp3) is 0.909. The predicted molar refractivity (Wildman–Crippen MR) is 115 cm³/mol. The van der Waals surface area contributed by atoms with Gasteiger partial charge in [0.2, 0.25) is 5.91 Å². The van der Waals surface area contributed by atoms with E-state index in [1.165, 1.54) is 0 Å². The van der Waals surface area contributed by atoms with E-state index < -0.39 is 0 Å². The van der Waals surface area contributed by atoms with Gasteiger partial charge in [0.25, 0.3) is 0 Å². The lowest BCUT2D eigenvalue weighted by atomic mass is 9.73. The number of fused-ring (bicyclic) bond motifs is 1. The van der Waals surface area contributed by atoms with Gasteiger partial charge in [-0.15, -0.1) is 0 Å². The van der Waals surface area contributed by atoms with Gasteiger partial charge in [0, 0.05) is 32.6 Å². The zero-order valence-corrected chi connectivity index (χ0v) is 19.4. The van der Waals surface area contributed by atoms with Crippen LogP contribution in [0.5, 0.6) is 0 Å². The molecule has 8 heteroatoms. The van der Waals surface area contributed by atoms with Gasteiger partial charge < -0.3 is 19.6 Å². The van der Waals surface area contributed by atoms with Crippen molar-refractivity contribution in [3.63, 3.8) is 0 Å². The average Bonchev–Trinajstić information content (AvgIpc) is 3.17. The minimum Gasteiger partial charge on any atom is -0.447 e. The number of aliphatic hydroxyl groups is 1. The molecule has 5 atom stereocenters. The molecule has 0 aromatic heterocycles. The Bertz CT molecular complexity index is 641. The molecular formula is C22H40N4O4. The quantitative estimate of drug-likeness (QED) is 0.716. The van der Waals surface area contributed by atoms with Crippen LogP contribution in [0.25, 0.3) is 0 Å². The van der Waals surface area contributed by atoms with Gasteiger partial charge in [0.1, 0.15) is 0 Å². The summed E-state index contributed by atoms with van der Waals surface area (Å²) in [5.74, 6) is 1.02. The van der Waals surface area contributed by atoms with Crippen LogP contribution in [-0.4, -0.2) is 87.9 Å². The Labute approximate surface area is 180 Å². The predicted octanol–water partition coefficient (Wildman–Crippen LogP) is 1.83. The van der Waals surface area contributed by atoms with Crippen LogP contribution >= 0.6 is 0 Å². The minimum absolute atomic E-state index is 0.00463. The summed E-state index contributed by atoms with van der Waals surface area (Å²) in [6.45, 7) is 13.9. The van der Waals surface area contributed by atoms with Crippen LogP contribution < -0.4 is 5.43 Å². The lowest BCUT2D eigenvalue weighted by molar-refractivity contribution is -0.142. The molecular weight excluding hydrogens is 384 g/mol. The van der Waals surface area contributed by atoms with Crippen LogP contribution in [0.3, 0.4) is 0 Å². The van der Waals surface area contributed by atoms with Crippen molar-refractivity contribution in [2.24, 2.45) is 11.8 Å². The maximum Gasteiger partial charge on any atom is 0.410 e. The summed E-state index contributed by atoms with van der Waals surface area (Å²) < 4.78 is 5.55. The molecule has 3 aliphatic rings. The van der Waals surface area contributed by atoms with E-state index in [1.54, 1.807) is 6.92 Å². The number of piperazine rings is 1. The number of aliphatic hydroxyl groups excluding tert-OH is 1. The van der Waals surface area contributed by atoms with E-state index in [1.807, 2.05) is 44.4 Å². The molecule has 2 saturated heterocycles. The first kappa shape index (κ1) is 23.3. The molecule has 1 saturated carbocycles. The number of hydrogen-bond acceptors (Lipinski definition) is 6. The van der Waals surface area contributed by atoms with Crippen molar-refractivity contribution in [2.45, 2.75) is 90.6 Å². The molecule has 4 unspecified atom stereocenters. The second-order valence-electron chi connectivity index (χ2n) is 10.3. The molecule has 8 nitrogen and oxygen atoms in total. The van der Waals surface area contributed by atoms with Crippen molar-refractivity contribution >= 4 is 12.0 Å². The Hall–Kier alpha value is -1.38. The molecule has 2 aliphatic heterocycles. The van der Waals surface area contributed by atoms with E-state index in [0.29, 0.717) is 18.4 Å². The Balaban J connectivity index is 1.76. The van der Waals surface area contributed by atoms with Gasteiger partial charge in [-0.25, -0.2) is 9.80 Å². The number of hydrogen-bond donors (Lipinski definition) is 2. The number of hydrazine groups is 1. The Morgan fingerprint density at radius 1 is 1.17 bits per heavy atom. The number of nitrogens with zero attached hydrogens (tertiary/aromatic N) is 3. The second-order valence-corrected chi connectivity index (χ2v) is 10.3. The smallest absolute Gasteiger partial charge is 0.410 e. The summed E-state index contributed by atoms with van der Waals surface area (Å²) in [5.41, 5.74) is 3.16. The standard InChI is InChI=1S/C22H40N4O4/c1-14(2)30-21(29)24-11-15(3)26(16(4)28)19-8-7-17(9-20(19)24)18-10-23-25(12-18)22(5,6)13-27/h14-15,17-20,23,27H,7-13H2,1-6H3/t15-,17?,18?,19?,20?/m0/s1. The van der Waals surface area contributed by atoms with E-state index >= 15 is 0 Å². The highest BCUT2D eigenvalue weighted by molar-refractivity contribution is 5.75. The Morgan fingerprint density at radius 2 is 1.87 bits per heavy atom. The number of carbonyl (C=O) groups excluding carboxylic acids is 2. The highest BCUT2D eigenvalue weighted by Crippen LogP contribution is 2.40. The Kier molecular flexibility index (Phi) is 6.99. The van der Waals surface area contributed by atoms with Gasteiger partial charge in [-0.3, -0.25) is 10.2 Å². The van der Waals surface area contributed by atoms with Gasteiger partial charge in [-0.05, 0) is 65.7 Å². The second kappa shape index (κ2) is 9.01. The van der Waals surface area contributed by atoms with E-state index in [-0.39, 0.29) is 48.4 Å². The van der Waals surface area contributed by atoms with E-state index in [4.69, 9.17) is 4.74 Å². The summed E-state index contributed by atoms with van der Waals surface area (Å²) in [4.78, 5) is 29.2. The zero-order valence-electron chi connectivity index (χ0n) is 19.4. The molecule has 0 aromatic rings. The molecule has 2 amide bonds. The van der Waals surface area contributed by atoms with Crippen molar-refractivity contribution in [3.05, 3.63) is 0 Å². The number of ether oxygens (including phenoxy) is 1. The Morgan fingerprint density at radius 3 is 2.47 bits per heavy atom. The molecule has 0 radical (unpaired) electrons. The third-order valence-corrected chi connectivity index (χ3v) is 7.20. The maximum absolute atomic E-state index is 12.9. The van der Waals surface area contributed by atoms with E-state index in [9.17, 15) is 14.7 Å². The molecule has 2 N–H and O–H groups in total. The van der Waals surface area contributed by atoms with Crippen LogP contribution in [0.4, 0.5) is 4.79 Å². The third-order valence-electron chi connectivity index (χ3n) is 7.20. The first-order valence-corrected chi connectivity index (χ1v) is 11.4. The molecule has 1 aliphatic carbocycles. The first-order chi connectivity index (χ1) is 14.0. The minimum atomic E-state index is -0.301. The molecule has 3 rings (SSSR count). The largest absolute Gasteiger partial charge is 0.447 e. The van der Waals surface area contributed by atoms with E-state index in [0.717, 1.165) is 32.4 Å². The lowest BCUT2D eigenvalue weighted by Crippen LogP contribution is -2.67. The van der Waals surface area contributed by atoms with Crippen LogP contribution in [0.15, 0.2) is 0 Å². The van der Waals surface area contributed by atoms with Gasteiger partial charge >= 0.3 is 6.09 Å². The lowest BCUT2D eigenvalue weighted by Gasteiger charge is -2.54. The molecule has 0 spiro atoms. The summed E-state index contributed by atoms with van der Waals surface area (Å²) >= 11 is 0. The fourth-order valence-electron chi connectivity index (χ4n) is 5.56. The van der Waals surface area contributed by atoms with Crippen LogP contribution in [0.2, 0.25) is 0 Å². The number of amides is 2. The van der Waals surface area contributed by atoms with Crippen molar-refractivity contribution < 1.29 is 19.4 Å².